The summed E-state index contributed by atoms with van der Waals surface area (Å²) in [5, 5.41) is 9.33. The van der Waals surface area contributed by atoms with E-state index >= 15 is 0 Å². The van der Waals surface area contributed by atoms with Crippen molar-refractivity contribution in [1.29, 1.82) is 0 Å². The van der Waals surface area contributed by atoms with Crippen LogP contribution in [-0.4, -0.2) is 11.7 Å². The number of benzene rings is 2. The molecular formula is C14H14FNO2. The van der Waals surface area contributed by atoms with Crippen LogP contribution in [0.25, 0.3) is 0 Å². The zero-order valence-electron chi connectivity index (χ0n) is 9.71. The zero-order valence-corrected chi connectivity index (χ0v) is 9.71. The molecule has 1 atom stereocenters. The van der Waals surface area contributed by atoms with Gasteiger partial charge in [-0.3, -0.25) is 0 Å². The Labute approximate surface area is 105 Å². The van der Waals surface area contributed by atoms with E-state index in [0.717, 1.165) is 5.56 Å². The molecule has 0 fully saturated rings. The lowest BCUT2D eigenvalue weighted by Gasteiger charge is -2.14. The van der Waals surface area contributed by atoms with Crippen LogP contribution in [0.1, 0.15) is 11.6 Å². The molecule has 0 saturated heterocycles. The number of aromatic hydroxyl groups is 1. The Morgan fingerprint density at radius 1 is 1.17 bits per heavy atom. The first-order valence-electron chi connectivity index (χ1n) is 5.58. The standard InChI is InChI=1S/C14H14FNO2/c15-12-6-1-2-7-14(12)18-9-13(16)10-4-3-5-11(17)8-10/h1-8,13,17H,9,16H2. The summed E-state index contributed by atoms with van der Waals surface area (Å²) in [4.78, 5) is 0. The van der Waals surface area contributed by atoms with E-state index in [0.29, 0.717) is 0 Å². The van der Waals surface area contributed by atoms with Crippen LogP contribution in [-0.2, 0) is 0 Å². The van der Waals surface area contributed by atoms with Crippen molar-refractivity contribution in [3.8, 4) is 11.5 Å². The molecule has 0 heterocycles. The van der Waals surface area contributed by atoms with Crippen LogP contribution in [0.5, 0.6) is 11.5 Å². The van der Waals surface area contributed by atoms with E-state index in [1.165, 1.54) is 6.07 Å². The third-order valence-corrected chi connectivity index (χ3v) is 2.55. The predicted octanol–water partition coefficient (Wildman–Crippen LogP) is 2.61. The SMILES string of the molecule is NC(COc1ccccc1F)c1cccc(O)c1. The molecule has 2 aromatic rings. The highest BCUT2D eigenvalue weighted by molar-refractivity contribution is 5.29. The molecule has 0 spiro atoms. The monoisotopic (exact) mass is 247 g/mol. The van der Waals surface area contributed by atoms with E-state index in [4.69, 9.17) is 10.5 Å². The van der Waals surface area contributed by atoms with Gasteiger partial charge in [0.15, 0.2) is 11.6 Å². The van der Waals surface area contributed by atoms with Crippen molar-refractivity contribution in [3.63, 3.8) is 0 Å². The molecule has 3 nitrogen and oxygen atoms in total. The Morgan fingerprint density at radius 2 is 1.94 bits per heavy atom. The van der Waals surface area contributed by atoms with Crippen molar-refractivity contribution in [3.05, 3.63) is 59.9 Å². The number of phenols is 1. The third-order valence-electron chi connectivity index (χ3n) is 2.55. The van der Waals surface area contributed by atoms with Crippen molar-refractivity contribution in [2.75, 3.05) is 6.61 Å². The average molecular weight is 247 g/mol. The van der Waals surface area contributed by atoms with Crippen LogP contribution in [0.4, 0.5) is 4.39 Å². The Kier molecular flexibility index (Phi) is 3.79. The van der Waals surface area contributed by atoms with Gasteiger partial charge in [-0.05, 0) is 29.8 Å². The molecule has 0 aliphatic rings. The molecule has 0 saturated carbocycles. The molecule has 0 bridgehead atoms. The molecular weight excluding hydrogens is 233 g/mol. The van der Waals surface area contributed by atoms with Gasteiger partial charge in [0.25, 0.3) is 0 Å². The molecule has 4 heteroatoms. The van der Waals surface area contributed by atoms with Gasteiger partial charge in [0.2, 0.25) is 0 Å². The molecule has 1 unspecified atom stereocenters. The Hall–Kier alpha value is -2.07. The maximum absolute atomic E-state index is 13.3. The van der Waals surface area contributed by atoms with Crippen molar-refractivity contribution in [1.82, 2.24) is 0 Å². The number of para-hydroxylation sites is 1. The molecule has 3 N–H and O–H groups in total. The van der Waals surface area contributed by atoms with Gasteiger partial charge >= 0.3 is 0 Å². The minimum Gasteiger partial charge on any atom is -0.508 e. The topological polar surface area (TPSA) is 55.5 Å². The summed E-state index contributed by atoms with van der Waals surface area (Å²) in [6.45, 7) is 0.143. The summed E-state index contributed by atoms with van der Waals surface area (Å²) in [7, 11) is 0. The smallest absolute Gasteiger partial charge is 0.165 e. The number of nitrogens with two attached hydrogens (primary N) is 1. The molecule has 0 aromatic heterocycles. The van der Waals surface area contributed by atoms with Gasteiger partial charge in [0, 0.05) is 0 Å². The summed E-state index contributed by atoms with van der Waals surface area (Å²) in [5.41, 5.74) is 6.65. The Morgan fingerprint density at radius 3 is 2.67 bits per heavy atom. The molecule has 0 radical (unpaired) electrons. The van der Waals surface area contributed by atoms with Crippen molar-refractivity contribution >= 4 is 0 Å². The van der Waals surface area contributed by atoms with Crippen molar-refractivity contribution in [2.45, 2.75) is 6.04 Å². The molecule has 0 amide bonds. The first-order valence-corrected chi connectivity index (χ1v) is 5.58. The van der Waals surface area contributed by atoms with Crippen molar-refractivity contribution < 1.29 is 14.2 Å². The largest absolute Gasteiger partial charge is 0.508 e. The molecule has 0 aliphatic carbocycles. The summed E-state index contributed by atoms with van der Waals surface area (Å²) in [6.07, 6.45) is 0. The fourth-order valence-corrected chi connectivity index (χ4v) is 1.59. The fraction of sp³-hybridized carbons (Fsp3) is 0.143. The number of hydrogen-bond acceptors (Lipinski definition) is 3. The number of rotatable bonds is 4. The summed E-state index contributed by atoms with van der Waals surface area (Å²) in [5.74, 6) is -0.0949. The maximum Gasteiger partial charge on any atom is 0.165 e. The summed E-state index contributed by atoms with van der Waals surface area (Å²) >= 11 is 0. The van der Waals surface area contributed by atoms with E-state index in [2.05, 4.69) is 0 Å². The van der Waals surface area contributed by atoms with E-state index in [-0.39, 0.29) is 18.1 Å². The van der Waals surface area contributed by atoms with Crippen LogP contribution in [0.3, 0.4) is 0 Å². The molecule has 94 valence electrons. The molecule has 2 aromatic carbocycles. The number of hydrogen-bond donors (Lipinski definition) is 2. The second-order valence-corrected chi connectivity index (χ2v) is 3.94. The first-order chi connectivity index (χ1) is 8.66. The van der Waals surface area contributed by atoms with Crippen LogP contribution in [0, 0.1) is 5.82 Å². The van der Waals surface area contributed by atoms with Crippen LogP contribution >= 0.6 is 0 Å². The lowest BCUT2D eigenvalue weighted by Crippen LogP contribution is -2.19. The lowest BCUT2D eigenvalue weighted by molar-refractivity contribution is 0.277. The van der Waals surface area contributed by atoms with Crippen LogP contribution < -0.4 is 10.5 Å². The zero-order chi connectivity index (χ0) is 13.0. The third kappa shape index (κ3) is 2.99. The van der Waals surface area contributed by atoms with E-state index < -0.39 is 11.9 Å². The quantitative estimate of drug-likeness (QED) is 0.873. The van der Waals surface area contributed by atoms with Gasteiger partial charge in [-0.15, -0.1) is 0 Å². The van der Waals surface area contributed by atoms with Gasteiger partial charge in [-0.1, -0.05) is 24.3 Å². The van der Waals surface area contributed by atoms with E-state index in [1.807, 2.05) is 0 Å². The normalized spacial score (nSPS) is 12.1. The van der Waals surface area contributed by atoms with Crippen LogP contribution in [0.2, 0.25) is 0 Å². The Bertz CT molecular complexity index is 531. The van der Waals surface area contributed by atoms with Gasteiger partial charge in [0.1, 0.15) is 12.4 Å². The highest BCUT2D eigenvalue weighted by atomic mass is 19.1. The number of phenolic OH excluding ortho intramolecular Hbond substituents is 1. The minimum atomic E-state index is -0.420. The molecule has 0 aliphatic heterocycles. The average Bonchev–Trinajstić information content (AvgIpc) is 2.37. The number of ether oxygens (including phenoxy) is 1. The second-order valence-electron chi connectivity index (χ2n) is 3.94. The maximum atomic E-state index is 13.3. The lowest BCUT2D eigenvalue weighted by atomic mass is 10.1. The molecule has 2 rings (SSSR count). The van der Waals surface area contributed by atoms with E-state index in [9.17, 15) is 9.50 Å². The van der Waals surface area contributed by atoms with Gasteiger partial charge in [-0.25, -0.2) is 4.39 Å². The fourth-order valence-electron chi connectivity index (χ4n) is 1.59. The predicted molar refractivity (Wildman–Crippen MR) is 66.9 cm³/mol. The number of halogens is 1. The Balaban J connectivity index is 2.00. The van der Waals surface area contributed by atoms with Gasteiger partial charge < -0.3 is 15.6 Å². The van der Waals surface area contributed by atoms with Gasteiger partial charge in [0.05, 0.1) is 6.04 Å². The second kappa shape index (κ2) is 5.51. The highest BCUT2D eigenvalue weighted by Gasteiger charge is 2.09. The minimum absolute atomic E-state index is 0.143. The summed E-state index contributed by atoms with van der Waals surface area (Å²) < 4.78 is 18.6. The van der Waals surface area contributed by atoms with Gasteiger partial charge in [-0.2, -0.15) is 0 Å². The van der Waals surface area contributed by atoms with Crippen LogP contribution in [0.15, 0.2) is 48.5 Å². The summed E-state index contributed by atoms with van der Waals surface area (Å²) in [6, 6.07) is 12.4. The first kappa shape index (κ1) is 12.4. The van der Waals surface area contributed by atoms with E-state index in [1.54, 1.807) is 42.5 Å². The highest BCUT2D eigenvalue weighted by Crippen LogP contribution is 2.20. The van der Waals surface area contributed by atoms with Crippen molar-refractivity contribution in [2.24, 2.45) is 5.73 Å². The molecule has 18 heavy (non-hydrogen) atoms.